The monoisotopic (exact) mass is 337 g/mol. The highest BCUT2D eigenvalue weighted by molar-refractivity contribution is 5.95. The van der Waals surface area contributed by atoms with Crippen molar-refractivity contribution in [3.05, 3.63) is 58.7 Å². The van der Waals surface area contributed by atoms with E-state index in [1.165, 1.54) is 0 Å². The Morgan fingerprint density at radius 3 is 2.56 bits per heavy atom. The highest BCUT2D eigenvalue weighted by Crippen LogP contribution is 2.28. The Hall–Kier alpha value is -2.62. The second-order valence-corrected chi connectivity index (χ2v) is 7.54. The third kappa shape index (κ3) is 3.73. The summed E-state index contributed by atoms with van der Waals surface area (Å²) in [7, 11) is 0. The molecule has 0 spiro atoms. The number of carbonyl (C=O) groups is 2. The van der Waals surface area contributed by atoms with Crippen LogP contribution in [0.2, 0.25) is 0 Å². The van der Waals surface area contributed by atoms with E-state index in [-0.39, 0.29) is 17.3 Å². The van der Waals surface area contributed by atoms with Gasteiger partial charge >= 0.3 is 5.97 Å². The lowest BCUT2D eigenvalue weighted by molar-refractivity contribution is -0.116. The molecular formula is C21H23NO3. The van der Waals surface area contributed by atoms with Gasteiger partial charge in [0.1, 0.15) is 5.75 Å². The second kappa shape index (κ2) is 6.36. The van der Waals surface area contributed by atoms with E-state index in [4.69, 9.17) is 4.74 Å². The minimum absolute atomic E-state index is 0.0202. The normalized spacial score (nSPS) is 13.8. The van der Waals surface area contributed by atoms with Crippen molar-refractivity contribution < 1.29 is 14.3 Å². The smallest absolute Gasteiger partial charge is 0.343 e. The minimum atomic E-state index is -0.358. The maximum absolute atomic E-state index is 12.6. The number of amides is 1. The van der Waals surface area contributed by atoms with E-state index in [0.717, 1.165) is 22.4 Å². The first-order chi connectivity index (χ1) is 11.7. The zero-order valence-corrected chi connectivity index (χ0v) is 15.1. The Labute approximate surface area is 148 Å². The van der Waals surface area contributed by atoms with Crippen LogP contribution in [0.25, 0.3) is 0 Å². The predicted octanol–water partition coefficient (Wildman–Crippen LogP) is 4.40. The van der Waals surface area contributed by atoms with Gasteiger partial charge in [-0.2, -0.15) is 0 Å². The summed E-state index contributed by atoms with van der Waals surface area (Å²) in [6.45, 7) is 8.26. The molecule has 0 radical (unpaired) electrons. The molecule has 0 aliphatic carbocycles. The van der Waals surface area contributed by atoms with Gasteiger partial charge in [0.15, 0.2) is 0 Å². The molecule has 1 heterocycles. The van der Waals surface area contributed by atoms with Crippen LogP contribution in [0.15, 0.2) is 36.4 Å². The van der Waals surface area contributed by atoms with E-state index in [1.807, 2.05) is 31.2 Å². The van der Waals surface area contributed by atoms with Crippen molar-refractivity contribution in [2.75, 3.05) is 5.32 Å². The standard InChI is InChI=1S/C21H23NO3/c1-13-5-7-15(21(2,3)4)12-17(13)20(24)25-16-8-9-18-14(11-16)6-10-19(23)22-18/h5,7-9,11-12H,6,10H2,1-4H3,(H,22,23). The van der Waals surface area contributed by atoms with Crippen molar-refractivity contribution in [1.29, 1.82) is 0 Å². The highest BCUT2D eigenvalue weighted by atomic mass is 16.5. The van der Waals surface area contributed by atoms with E-state index < -0.39 is 0 Å². The Morgan fingerprint density at radius 2 is 1.84 bits per heavy atom. The van der Waals surface area contributed by atoms with Crippen molar-refractivity contribution >= 4 is 17.6 Å². The molecule has 2 aromatic carbocycles. The number of esters is 1. The molecule has 0 saturated carbocycles. The first kappa shape index (κ1) is 17.2. The Balaban J connectivity index is 1.84. The molecule has 0 atom stereocenters. The molecule has 4 nitrogen and oxygen atoms in total. The number of hydrogen-bond acceptors (Lipinski definition) is 3. The molecule has 4 heteroatoms. The average Bonchev–Trinajstić information content (AvgIpc) is 2.54. The van der Waals surface area contributed by atoms with Gasteiger partial charge in [0.2, 0.25) is 5.91 Å². The maximum atomic E-state index is 12.6. The molecule has 0 fully saturated rings. The summed E-state index contributed by atoms with van der Waals surface area (Å²) in [5.74, 6) is 0.163. The predicted molar refractivity (Wildman–Crippen MR) is 98.2 cm³/mol. The van der Waals surface area contributed by atoms with Crippen LogP contribution in [0.5, 0.6) is 5.75 Å². The Kier molecular flexibility index (Phi) is 4.38. The molecule has 0 unspecified atom stereocenters. The van der Waals surface area contributed by atoms with Crippen molar-refractivity contribution in [3.8, 4) is 5.75 Å². The molecule has 0 aromatic heterocycles. The number of rotatable bonds is 2. The summed E-state index contributed by atoms with van der Waals surface area (Å²) < 4.78 is 5.59. The van der Waals surface area contributed by atoms with Gasteiger partial charge in [0.05, 0.1) is 5.56 Å². The van der Waals surface area contributed by atoms with Crippen LogP contribution >= 0.6 is 0 Å². The maximum Gasteiger partial charge on any atom is 0.343 e. The van der Waals surface area contributed by atoms with Gasteiger partial charge < -0.3 is 10.1 Å². The van der Waals surface area contributed by atoms with Gasteiger partial charge in [0, 0.05) is 12.1 Å². The van der Waals surface area contributed by atoms with Crippen LogP contribution in [0.4, 0.5) is 5.69 Å². The first-order valence-corrected chi connectivity index (χ1v) is 8.50. The summed E-state index contributed by atoms with van der Waals surface area (Å²) in [4.78, 5) is 24.1. The largest absolute Gasteiger partial charge is 0.423 e. The van der Waals surface area contributed by atoms with Gasteiger partial charge in [0.25, 0.3) is 0 Å². The fourth-order valence-electron chi connectivity index (χ4n) is 2.89. The van der Waals surface area contributed by atoms with Crippen LogP contribution < -0.4 is 10.1 Å². The first-order valence-electron chi connectivity index (χ1n) is 8.50. The fourth-order valence-corrected chi connectivity index (χ4v) is 2.89. The van der Waals surface area contributed by atoms with Gasteiger partial charge in [-0.15, -0.1) is 0 Å². The molecule has 130 valence electrons. The highest BCUT2D eigenvalue weighted by Gasteiger charge is 2.20. The van der Waals surface area contributed by atoms with Crippen molar-refractivity contribution in [3.63, 3.8) is 0 Å². The van der Waals surface area contributed by atoms with Gasteiger partial charge in [-0.3, -0.25) is 4.79 Å². The minimum Gasteiger partial charge on any atom is -0.423 e. The lowest BCUT2D eigenvalue weighted by atomic mass is 9.85. The van der Waals surface area contributed by atoms with Gasteiger partial charge in [-0.1, -0.05) is 32.9 Å². The van der Waals surface area contributed by atoms with Crippen LogP contribution in [0.1, 0.15) is 54.2 Å². The number of nitrogens with one attached hydrogen (secondary N) is 1. The molecule has 0 bridgehead atoms. The third-order valence-corrected chi connectivity index (χ3v) is 4.51. The van der Waals surface area contributed by atoms with Crippen molar-refractivity contribution in [2.45, 2.75) is 46.0 Å². The lowest BCUT2D eigenvalue weighted by Crippen LogP contribution is -2.19. The lowest BCUT2D eigenvalue weighted by Gasteiger charge is -2.20. The molecular weight excluding hydrogens is 314 g/mol. The second-order valence-electron chi connectivity index (χ2n) is 7.54. The number of aryl methyl sites for hydroxylation is 2. The summed E-state index contributed by atoms with van der Waals surface area (Å²) in [6, 6.07) is 11.2. The Morgan fingerprint density at radius 1 is 1.08 bits per heavy atom. The number of hydrogen-bond donors (Lipinski definition) is 1. The van der Waals surface area contributed by atoms with E-state index in [2.05, 4.69) is 26.1 Å². The molecule has 1 aliphatic heterocycles. The average molecular weight is 337 g/mol. The van der Waals surface area contributed by atoms with E-state index in [9.17, 15) is 9.59 Å². The quantitative estimate of drug-likeness (QED) is 0.653. The molecule has 1 aliphatic rings. The van der Waals surface area contributed by atoms with Crippen LogP contribution in [0, 0.1) is 6.92 Å². The fraction of sp³-hybridized carbons (Fsp3) is 0.333. The third-order valence-electron chi connectivity index (χ3n) is 4.51. The van der Waals surface area contributed by atoms with Gasteiger partial charge in [-0.25, -0.2) is 4.79 Å². The van der Waals surface area contributed by atoms with Crippen LogP contribution in [-0.4, -0.2) is 11.9 Å². The molecule has 1 amide bonds. The van der Waals surface area contributed by atoms with E-state index in [0.29, 0.717) is 24.2 Å². The van der Waals surface area contributed by atoms with Crippen LogP contribution in [0.3, 0.4) is 0 Å². The van der Waals surface area contributed by atoms with Crippen molar-refractivity contribution in [2.24, 2.45) is 0 Å². The zero-order chi connectivity index (χ0) is 18.2. The summed E-state index contributed by atoms with van der Waals surface area (Å²) in [5.41, 5.74) is 4.32. The number of anilines is 1. The Bertz CT molecular complexity index is 847. The van der Waals surface area contributed by atoms with E-state index in [1.54, 1.807) is 12.1 Å². The number of ether oxygens (including phenoxy) is 1. The number of benzene rings is 2. The summed E-state index contributed by atoms with van der Waals surface area (Å²) >= 11 is 0. The summed E-state index contributed by atoms with van der Waals surface area (Å²) in [5, 5.41) is 2.83. The topological polar surface area (TPSA) is 55.4 Å². The van der Waals surface area contributed by atoms with E-state index >= 15 is 0 Å². The molecule has 3 rings (SSSR count). The molecule has 2 aromatic rings. The molecule has 0 saturated heterocycles. The number of carbonyl (C=O) groups excluding carboxylic acids is 2. The van der Waals surface area contributed by atoms with Crippen LogP contribution in [-0.2, 0) is 16.6 Å². The van der Waals surface area contributed by atoms with Gasteiger partial charge in [-0.05, 0) is 59.7 Å². The summed E-state index contributed by atoms with van der Waals surface area (Å²) in [6.07, 6.45) is 1.11. The zero-order valence-electron chi connectivity index (χ0n) is 15.1. The van der Waals surface area contributed by atoms with Crippen molar-refractivity contribution in [1.82, 2.24) is 0 Å². The number of fused-ring (bicyclic) bond motifs is 1. The molecule has 1 N–H and O–H groups in total. The SMILES string of the molecule is Cc1ccc(C(C)(C)C)cc1C(=O)Oc1ccc2c(c1)CCC(=O)N2. The molecule has 25 heavy (non-hydrogen) atoms.